The molecule has 1 aromatic carbocycles. The van der Waals surface area contributed by atoms with E-state index in [2.05, 4.69) is 15.5 Å². The maximum absolute atomic E-state index is 13.3. The predicted octanol–water partition coefficient (Wildman–Crippen LogP) is 1.33. The van der Waals surface area contributed by atoms with Gasteiger partial charge in [0.2, 0.25) is 5.60 Å². The Labute approximate surface area is 272 Å². The van der Waals surface area contributed by atoms with E-state index in [9.17, 15) is 39.6 Å². The van der Waals surface area contributed by atoms with Crippen LogP contribution >= 0.6 is 23.1 Å². The van der Waals surface area contributed by atoms with Crippen LogP contribution in [0.2, 0.25) is 0 Å². The number of hydrogen-bond donors (Lipinski definition) is 6. The van der Waals surface area contributed by atoms with E-state index < -0.39 is 46.5 Å². The molecular formula is C29H35N6O9S2+. The Hall–Kier alpha value is -4.61. The van der Waals surface area contributed by atoms with Gasteiger partial charge in [0, 0.05) is 17.6 Å². The standard InChI is InChI=1S/C29H34N6O9S2/c1-29(2,27(42)43)44-33-20(17-14-46-28(30)31-17)23(38)32-21-24(39)34-22(26(40)41)16(13-45-25(21)34)6-5-10-35(3,4)11-9-15-7-8-18(36)19(37)12-15/h5-8,12,14,21,25H,9-11,13H2,1-4H3,(H6-,30,31,32,33,36,37,38,40,41,42,43)/p+1/t21?,25-/m0/s1. The molecule has 3 heterocycles. The van der Waals surface area contributed by atoms with E-state index in [0.717, 1.165) is 21.8 Å². The van der Waals surface area contributed by atoms with Crippen LogP contribution in [0, 0.1) is 0 Å². The average molecular weight is 676 g/mol. The maximum Gasteiger partial charge on any atom is 0.352 e. The Morgan fingerprint density at radius 2 is 1.96 bits per heavy atom. The van der Waals surface area contributed by atoms with E-state index in [-0.39, 0.29) is 33.8 Å². The molecule has 1 fully saturated rings. The lowest BCUT2D eigenvalue weighted by Gasteiger charge is -2.49. The number of nitrogens with two attached hydrogens (primary N) is 1. The lowest BCUT2D eigenvalue weighted by atomic mass is 10.0. The second-order valence-corrected chi connectivity index (χ2v) is 13.8. The first-order chi connectivity index (χ1) is 21.5. The fourth-order valence-corrected chi connectivity index (χ4v) is 6.37. The lowest BCUT2D eigenvalue weighted by molar-refractivity contribution is -0.884. The van der Waals surface area contributed by atoms with Gasteiger partial charge in [-0.25, -0.2) is 14.6 Å². The number of quaternary nitrogens is 1. The van der Waals surface area contributed by atoms with Crippen molar-refractivity contribution in [3.63, 3.8) is 0 Å². The molecule has 2 amide bonds. The van der Waals surface area contributed by atoms with Gasteiger partial charge in [-0.3, -0.25) is 14.5 Å². The Kier molecular flexibility index (Phi) is 9.98. The summed E-state index contributed by atoms with van der Waals surface area (Å²) in [5.74, 6) is -4.22. The van der Waals surface area contributed by atoms with Crippen molar-refractivity contribution < 1.29 is 48.9 Å². The Morgan fingerprint density at radius 1 is 1.24 bits per heavy atom. The van der Waals surface area contributed by atoms with Gasteiger partial charge in [0.25, 0.3) is 11.8 Å². The molecule has 2 aromatic rings. The van der Waals surface area contributed by atoms with Crippen molar-refractivity contribution in [2.24, 2.45) is 5.16 Å². The number of carboxylic acids is 2. The monoisotopic (exact) mass is 675 g/mol. The van der Waals surface area contributed by atoms with Crippen LogP contribution in [0.1, 0.15) is 25.1 Å². The first-order valence-corrected chi connectivity index (χ1v) is 15.9. The summed E-state index contributed by atoms with van der Waals surface area (Å²) in [5.41, 5.74) is 4.68. The van der Waals surface area contributed by atoms with Crippen molar-refractivity contribution >= 4 is 57.7 Å². The SMILES string of the molecule is CC(C)(ON=C(C(=O)NC1C(=O)N2C(C(=O)O)=C(C=CC[N+](C)(C)CCc3ccc(O)c(O)c3)CS[C@@H]12)c1csc(N)n1)C(=O)O. The third kappa shape index (κ3) is 7.60. The van der Waals surface area contributed by atoms with Gasteiger partial charge < -0.3 is 40.8 Å². The number of phenols is 2. The zero-order chi connectivity index (χ0) is 34.0. The van der Waals surface area contributed by atoms with Gasteiger partial charge in [-0.2, -0.15) is 0 Å². The molecular weight excluding hydrogens is 640 g/mol. The topological polar surface area (TPSA) is 225 Å². The second-order valence-electron chi connectivity index (χ2n) is 11.8. The number of carbonyl (C=O) groups is 4. The van der Waals surface area contributed by atoms with Crippen molar-refractivity contribution in [1.82, 2.24) is 15.2 Å². The summed E-state index contributed by atoms with van der Waals surface area (Å²) in [7, 11) is 4.00. The number of anilines is 1. The molecule has 1 saturated heterocycles. The first kappa shape index (κ1) is 34.3. The minimum Gasteiger partial charge on any atom is -0.504 e. The molecule has 7 N–H and O–H groups in total. The first-order valence-electron chi connectivity index (χ1n) is 13.9. The van der Waals surface area contributed by atoms with E-state index in [1.165, 1.54) is 43.1 Å². The van der Waals surface area contributed by atoms with Crippen LogP contribution in [0.5, 0.6) is 11.5 Å². The number of hydrogen-bond acceptors (Lipinski definition) is 12. The molecule has 46 heavy (non-hydrogen) atoms. The normalized spacial score (nSPS) is 18.7. The molecule has 15 nitrogen and oxygen atoms in total. The maximum atomic E-state index is 13.3. The van der Waals surface area contributed by atoms with E-state index in [1.807, 2.05) is 20.2 Å². The fourth-order valence-electron chi connectivity index (χ4n) is 4.51. The smallest absolute Gasteiger partial charge is 0.352 e. The Bertz CT molecular complexity index is 1650. The zero-order valence-electron chi connectivity index (χ0n) is 25.5. The second kappa shape index (κ2) is 13.4. The zero-order valence-corrected chi connectivity index (χ0v) is 27.1. The van der Waals surface area contributed by atoms with Crippen molar-refractivity contribution in [2.75, 3.05) is 38.7 Å². The number of phenolic OH excluding ortho intramolecular Hbond substituents is 2. The summed E-state index contributed by atoms with van der Waals surface area (Å²) in [6.07, 6.45) is 4.17. The number of aromatic hydroxyl groups is 2. The number of rotatable bonds is 13. The number of benzene rings is 1. The molecule has 1 aromatic heterocycles. The molecule has 246 valence electrons. The van der Waals surface area contributed by atoms with Gasteiger partial charge >= 0.3 is 11.9 Å². The van der Waals surface area contributed by atoms with Gasteiger partial charge in [0.1, 0.15) is 22.8 Å². The molecule has 1 unspecified atom stereocenters. The number of aliphatic carboxylic acids is 2. The highest BCUT2D eigenvalue weighted by Gasteiger charge is 2.54. The van der Waals surface area contributed by atoms with Crippen LogP contribution in [-0.4, -0.2) is 114 Å². The molecule has 2 atom stereocenters. The highest BCUT2D eigenvalue weighted by atomic mass is 32.2. The van der Waals surface area contributed by atoms with Crippen molar-refractivity contribution in [2.45, 2.75) is 37.3 Å². The summed E-state index contributed by atoms with van der Waals surface area (Å²) >= 11 is 2.30. The number of nitrogens with one attached hydrogen (secondary N) is 1. The quantitative estimate of drug-likeness (QED) is 0.0582. The molecule has 0 saturated carbocycles. The van der Waals surface area contributed by atoms with Crippen molar-refractivity contribution in [3.05, 3.63) is 58.3 Å². The molecule has 17 heteroatoms. The number of β-lactam (4-membered cyclic amide) rings is 1. The lowest BCUT2D eigenvalue weighted by Crippen LogP contribution is -2.71. The number of nitrogens with zero attached hydrogens (tertiary/aromatic N) is 4. The molecule has 0 spiro atoms. The summed E-state index contributed by atoms with van der Waals surface area (Å²) in [6.45, 7) is 3.72. The number of thioether (sulfide) groups is 1. The number of carbonyl (C=O) groups excluding carboxylic acids is 2. The number of amides is 2. The number of likely N-dealkylation sites (N-methyl/N-ethyl adjacent to an activating group) is 1. The number of carboxylic acid groups (broad SMARTS) is 2. The Balaban J connectivity index is 1.45. The number of allylic oxidation sites excluding steroid dienone is 1. The molecule has 0 bridgehead atoms. The van der Waals surface area contributed by atoms with Gasteiger partial charge in [0.05, 0.1) is 27.2 Å². The minimum absolute atomic E-state index is 0.0159. The number of oxime groups is 1. The third-order valence-electron chi connectivity index (χ3n) is 7.31. The molecule has 2 aliphatic rings. The van der Waals surface area contributed by atoms with Crippen LogP contribution in [0.4, 0.5) is 5.13 Å². The van der Waals surface area contributed by atoms with E-state index in [0.29, 0.717) is 29.6 Å². The van der Waals surface area contributed by atoms with E-state index in [4.69, 9.17) is 10.6 Å². The van der Waals surface area contributed by atoms with Crippen LogP contribution in [-0.2, 0) is 30.4 Å². The highest BCUT2D eigenvalue weighted by Crippen LogP contribution is 2.40. The Morgan fingerprint density at radius 3 is 2.57 bits per heavy atom. The molecule has 2 aliphatic heterocycles. The highest BCUT2D eigenvalue weighted by molar-refractivity contribution is 8.00. The van der Waals surface area contributed by atoms with Crippen LogP contribution in [0.15, 0.2) is 52.2 Å². The predicted molar refractivity (Wildman–Crippen MR) is 170 cm³/mol. The molecule has 4 rings (SSSR count). The van der Waals surface area contributed by atoms with Crippen LogP contribution < -0.4 is 11.1 Å². The summed E-state index contributed by atoms with van der Waals surface area (Å²) in [5, 5.41) is 45.8. The molecule has 0 aliphatic carbocycles. The van der Waals surface area contributed by atoms with E-state index in [1.54, 1.807) is 12.1 Å². The third-order valence-corrected chi connectivity index (χ3v) is 9.29. The number of aromatic nitrogens is 1. The van der Waals surface area contributed by atoms with Gasteiger partial charge in [-0.05, 0) is 43.2 Å². The number of fused-ring (bicyclic) bond motifs is 1. The van der Waals surface area contributed by atoms with Gasteiger partial charge in [-0.15, -0.1) is 23.1 Å². The van der Waals surface area contributed by atoms with Gasteiger partial charge in [0.15, 0.2) is 22.3 Å². The number of nitrogen functional groups attached to an aromatic ring is 1. The summed E-state index contributed by atoms with van der Waals surface area (Å²) < 4.78 is 0.544. The summed E-state index contributed by atoms with van der Waals surface area (Å²) in [4.78, 5) is 60.5. The van der Waals surface area contributed by atoms with E-state index >= 15 is 0 Å². The van der Waals surface area contributed by atoms with Crippen molar-refractivity contribution in [1.29, 1.82) is 0 Å². The summed E-state index contributed by atoms with van der Waals surface area (Å²) in [6, 6.07) is 3.61. The van der Waals surface area contributed by atoms with Crippen LogP contribution in [0.3, 0.4) is 0 Å². The largest absolute Gasteiger partial charge is 0.504 e. The average Bonchev–Trinajstić information content (AvgIpc) is 3.41. The minimum atomic E-state index is -1.77. The fraction of sp³-hybridized carbons (Fsp3) is 0.379. The molecule has 0 radical (unpaired) electrons. The van der Waals surface area contributed by atoms with Gasteiger partial charge in [-0.1, -0.05) is 17.3 Å². The van der Waals surface area contributed by atoms with Crippen LogP contribution in [0.25, 0.3) is 0 Å². The number of thiazole rings is 1. The van der Waals surface area contributed by atoms with Crippen molar-refractivity contribution in [3.8, 4) is 11.5 Å².